The number of hydrogen-bond acceptors (Lipinski definition) is 4. The highest BCUT2D eigenvalue weighted by Crippen LogP contribution is 2.26. The maximum absolute atomic E-state index is 11.9. The van der Waals surface area contributed by atoms with Gasteiger partial charge in [0.25, 0.3) is 0 Å². The van der Waals surface area contributed by atoms with Gasteiger partial charge in [-0.1, -0.05) is 25.0 Å². The summed E-state index contributed by atoms with van der Waals surface area (Å²) in [6.45, 7) is 1.62. The highest BCUT2D eigenvalue weighted by Gasteiger charge is 2.32. The molecule has 1 aromatic rings. The molecule has 4 nitrogen and oxygen atoms in total. The van der Waals surface area contributed by atoms with Gasteiger partial charge in [-0.3, -0.25) is 0 Å². The molecule has 22 heavy (non-hydrogen) atoms. The van der Waals surface area contributed by atoms with E-state index in [0.29, 0.717) is 0 Å². The molecule has 1 fully saturated rings. The molecular formula is C17H25NO3S. The van der Waals surface area contributed by atoms with Crippen molar-refractivity contribution in [3.63, 3.8) is 0 Å². The van der Waals surface area contributed by atoms with Crippen LogP contribution in [-0.2, 0) is 22.7 Å². The standard InChI is InChI=1S/C17H25NO3S/c1-22(19,20)17-5-3-2-4-15(17)18-10-8-13-6-7-16-14(12-13)9-11-21-16/h6-7,12,15,17-18H,2-5,8-11H2,1H3/t15-,17+/m0/s1. The average Bonchev–Trinajstić information content (AvgIpc) is 2.94. The largest absolute Gasteiger partial charge is 0.493 e. The third-order valence-electron chi connectivity index (χ3n) is 4.83. The van der Waals surface area contributed by atoms with Crippen LogP contribution in [0.15, 0.2) is 18.2 Å². The molecule has 0 saturated heterocycles. The summed E-state index contributed by atoms with van der Waals surface area (Å²) < 4.78 is 29.3. The van der Waals surface area contributed by atoms with Crippen LogP contribution in [0.4, 0.5) is 0 Å². The van der Waals surface area contributed by atoms with E-state index in [0.717, 1.165) is 57.4 Å². The SMILES string of the molecule is CS(=O)(=O)[C@@H]1CCCC[C@@H]1NCCc1ccc2c(c1)CCO2. The second-order valence-electron chi connectivity index (χ2n) is 6.50. The molecule has 3 rings (SSSR count). The number of nitrogens with one attached hydrogen (secondary N) is 1. The second kappa shape index (κ2) is 6.59. The van der Waals surface area contributed by atoms with Crippen LogP contribution in [0.5, 0.6) is 5.75 Å². The summed E-state index contributed by atoms with van der Waals surface area (Å²) in [7, 11) is -2.96. The van der Waals surface area contributed by atoms with Crippen LogP contribution in [0.2, 0.25) is 0 Å². The summed E-state index contributed by atoms with van der Waals surface area (Å²) in [5, 5.41) is 3.27. The van der Waals surface area contributed by atoms with Crippen molar-refractivity contribution in [1.82, 2.24) is 5.32 Å². The molecular weight excluding hydrogens is 298 g/mol. The minimum Gasteiger partial charge on any atom is -0.493 e. The fourth-order valence-electron chi connectivity index (χ4n) is 3.64. The van der Waals surface area contributed by atoms with Crippen LogP contribution in [-0.4, -0.2) is 39.1 Å². The van der Waals surface area contributed by atoms with E-state index in [2.05, 4.69) is 23.5 Å². The van der Waals surface area contributed by atoms with E-state index in [9.17, 15) is 8.42 Å². The molecule has 0 spiro atoms. The summed E-state index contributed by atoms with van der Waals surface area (Å²) in [5.41, 5.74) is 2.59. The molecule has 0 aromatic heterocycles. The van der Waals surface area contributed by atoms with Crippen LogP contribution < -0.4 is 10.1 Å². The Morgan fingerprint density at radius 2 is 2.09 bits per heavy atom. The quantitative estimate of drug-likeness (QED) is 0.902. The van der Waals surface area contributed by atoms with E-state index in [1.165, 1.54) is 17.4 Å². The Labute approximate surface area is 133 Å². The average molecular weight is 323 g/mol. The van der Waals surface area contributed by atoms with Gasteiger partial charge in [-0.25, -0.2) is 8.42 Å². The van der Waals surface area contributed by atoms with Crippen LogP contribution in [0, 0.1) is 0 Å². The zero-order chi connectivity index (χ0) is 15.6. The molecule has 2 atom stereocenters. The lowest BCUT2D eigenvalue weighted by Crippen LogP contribution is -2.46. The Morgan fingerprint density at radius 1 is 1.27 bits per heavy atom. The molecule has 5 heteroatoms. The number of ether oxygens (including phenoxy) is 1. The Bertz CT molecular complexity index is 627. The van der Waals surface area contributed by atoms with E-state index in [1.54, 1.807) is 0 Å². The highest BCUT2D eigenvalue weighted by molar-refractivity contribution is 7.91. The zero-order valence-electron chi connectivity index (χ0n) is 13.2. The molecule has 122 valence electrons. The lowest BCUT2D eigenvalue weighted by Gasteiger charge is -2.31. The normalized spacial score (nSPS) is 24.8. The molecule has 1 aromatic carbocycles. The summed E-state index contributed by atoms with van der Waals surface area (Å²) >= 11 is 0. The van der Waals surface area contributed by atoms with E-state index in [1.807, 2.05) is 0 Å². The van der Waals surface area contributed by atoms with Gasteiger partial charge in [-0.05, 0) is 43.0 Å². The van der Waals surface area contributed by atoms with Gasteiger partial charge in [0.15, 0.2) is 9.84 Å². The third kappa shape index (κ3) is 3.63. The topological polar surface area (TPSA) is 55.4 Å². The van der Waals surface area contributed by atoms with Gasteiger partial charge >= 0.3 is 0 Å². The summed E-state index contributed by atoms with van der Waals surface area (Å²) in [5.74, 6) is 1.01. The molecule has 0 radical (unpaired) electrons. The predicted octanol–water partition coefficient (Wildman–Crippen LogP) is 2.11. The Balaban J connectivity index is 1.55. The molecule has 0 amide bonds. The van der Waals surface area contributed by atoms with Crippen molar-refractivity contribution in [2.45, 2.75) is 49.8 Å². The van der Waals surface area contributed by atoms with Crippen LogP contribution >= 0.6 is 0 Å². The highest BCUT2D eigenvalue weighted by atomic mass is 32.2. The molecule has 0 unspecified atom stereocenters. The van der Waals surface area contributed by atoms with Crippen LogP contribution in [0.1, 0.15) is 36.8 Å². The number of benzene rings is 1. The number of sulfone groups is 1. The van der Waals surface area contributed by atoms with Crippen molar-refractivity contribution in [2.75, 3.05) is 19.4 Å². The fraction of sp³-hybridized carbons (Fsp3) is 0.647. The zero-order valence-corrected chi connectivity index (χ0v) is 14.0. The summed E-state index contributed by atoms with van der Waals surface area (Å²) in [6.07, 6.45) is 7.22. The smallest absolute Gasteiger partial charge is 0.151 e. The third-order valence-corrected chi connectivity index (χ3v) is 6.49. The minimum atomic E-state index is -2.96. The molecule has 1 aliphatic heterocycles. The molecule has 1 aliphatic carbocycles. The van der Waals surface area contributed by atoms with Gasteiger partial charge in [0.05, 0.1) is 11.9 Å². The number of fused-ring (bicyclic) bond motifs is 1. The maximum Gasteiger partial charge on any atom is 0.151 e. The fourth-order valence-corrected chi connectivity index (χ4v) is 5.06. The first-order valence-corrected chi connectivity index (χ1v) is 10.2. The molecule has 1 heterocycles. The Hall–Kier alpha value is -1.07. The first-order chi connectivity index (χ1) is 10.5. The first-order valence-electron chi connectivity index (χ1n) is 8.21. The van der Waals surface area contributed by atoms with Gasteiger partial charge < -0.3 is 10.1 Å². The van der Waals surface area contributed by atoms with E-state index in [4.69, 9.17) is 4.74 Å². The lowest BCUT2D eigenvalue weighted by atomic mass is 9.94. The Kier molecular flexibility index (Phi) is 4.73. The number of rotatable bonds is 5. The van der Waals surface area contributed by atoms with Crippen LogP contribution in [0.3, 0.4) is 0 Å². The minimum absolute atomic E-state index is 0.113. The molecule has 2 aliphatic rings. The van der Waals surface area contributed by atoms with Crippen molar-refractivity contribution in [1.29, 1.82) is 0 Å². The van der Waals surface area contributed by atoms with Crippen molar-refractivity contribution >= 4 is 9.84 Å². The lowest BCUT2D eigenvalue weighted by molar-refractivity contribution is 0.356. The van der Waals surface area contributed by atoms with Gasteiger partial charge in [-0.15, -0.1) is 0 Å². The molecule has 0 bridgehead atoms. The van der Waals surface area contributed by atoms with Gasteiger partial charge in [0.2, 0.25) is 0 Å². The first kappa shape index (κ1) is 15.8. The van der Waals surface area contributed by atoms with E-state index < -0.39 is 9.84 Å². The van der Waals surface area contributed by atoms with Crippen molar-refractivity contribution in [2.24, 2.45) is 0 Å². The summed E-state index contributed by atoms with van der Waals surface area (Å²) in [4.78, 5) is 0. The predicted molar refractivity (Wildman–Crippen MR) is 88.2 cm³/mol. The maximum atomic E-state index is 11.9. The van der Waals surface area contributed by atoms with Gasteiger partial charge in [0, 0.05) is 18.7 Å². The second-order valence-corrected chi connectivity index (χ2v) is 8.77. The number of hydrogen-bond donors (Lipinski definition) is 1. The van der Waals surface area contributed by atoms with Crippen molar-refractivity contribution in [3.8, 4) is 5.75 Å². The van der Waals surface area contributed by atoms with Crippen LogP contribution in [0.25, 0.3) is 0 Å². The Morgan fingerprint density at radius 3 is 2.91 bits per heavy atom. The molecule has 1 N–H and O–H groups in total. The van der Waals surface area contributed by atoms with Gasteiger partial charge in [-0.2, -0.15) is 0 Å². The monoisotopic (exact) mass is 323 g/mol. The van der Waals surface area contributed by atoms with E-state index >= 15 is 0 Å². The van der Waals surface area contributed by atoms with Crippen molar-refractivity contribution in [3.05, 3.63) is 29.3 Å². The summed E-state index contributed by atoms with van der Waals surface area (Å²) in [6, 6.07) is 6.50. The molecule has 1 saturated carbocycles. The van der Waals surface area contributed by atoms with Gasteiger partial charge in [0.1, 0.15) is 5.75 Å². The van der Waals surface area contributed by atoms with Crippen molar-refractivity contribution < 1.29 is 13.2 Å². The van der Waals surface area contributed by atoms with E-state index in [-0.39, 0.29) is 11.3 Å².